The predicted molar refractivity (Wildman–Crippen MR) is 82.4 cm³/mol. The minimum atomic E-state index is -0.379. The summed E-state index contributed by atoms with van der Waals surface area (Å²) in [7, 11) is 0. The van der Waals surface area contributed by atoms with E-state index in [4.69, 9.17) is 27.9 Å². The summed E-state index contributed by atoms with van der Waals surface area (Å²) in [4.78, 5) is 22.6. The van der Waals surface area contributed by atoms with Gasteiger partial charge in [-0.25, -0.2) is 0 Å². The van der Waals surface area contributed by atoms with Gasteiger partial charge in [0.15, 0.2) is 12.9 Å². The molecule has 0 unspecified atom stereocenters. The van der Waals surface area contributed by atoms with E-state index in [2.05, 4.69) is 5.32 Å². The molecule has 4 nitrogen and oxygen atoms in total. The maximum Gasteiger partial charge on any atom is 0.262 e. The first-order chi connectivity index (χ1) is 10.1. The second-order valence-corrected chi connectivity index (χ2v) is 4.93. The fourth-order valence-electron chi connectivity index (χ4n) is 1.62. The normalized spacial score (nSPS) is 10.0. The smallest absolute Gasteiger partial charge is 0.262 e. The lowest BCUT2D eigenvalue weighted by atomic mass is 10.2. The first kappa shape index (κ1) is 15.4. The van der Waals surface area contributed by atoms with Crippen LogP contribution in [0, 0.1) is 0 Å². The van der Waals surface area contributed by atoms with E-state index in [1.54, 1.807) is 36.4 Å². The van der Waals surface area contributed by atoms with E-state index in [0.717, 1.165) is 0 Å². The largest absolute Gasteiger partial charge is 0.484 e. The molecule has 0 bridgehead atoms. The third-order valence-corrected chi connectivity index (χ3v) is 3.36. The van der Waals surface area contributed by atoms with Gasteiger partial charge in [0.1, 0.15) is 5.75 Å². The number of hydrogen-bond donors (Lipinski definition) is 1. The zero-order valence-corrected chi connectivity index (χ0v) is 12.3. The molecular weight excluding hydrogens is 313 g/mol. The molecule has 1 amide bonds. The second kappa shape index (κ2) is 7.11. The van der Waals surface area contributed by atoms with Crippen LogP contribution in [-0.2, 0) is 4.79 Å². The van der Waals surface area contributed by atoms with E-state index < -0.39 is 0 Å². The van der Waals surface area contributed by atoms with Crippen LogP contribution in [0.3, 0.4) is 0 Å². The molecule has 0 aliphatic heterocycles. The maximum absolute atomic E-state index is 11.8. The molecule has 0 saturated heterocycles. The highest BCUT2D eigenvalue weighted by molar-refractivity contribution is 6.42. The average molecular weight is 324 g/mol. The Hall–Kier alpha value is -2.04. The molecule has 0 saturated carbocycles. The third-order valence-electron chi connectivity index (χ3n) is 2.62. The number of para-hydroxylation sites is 1. The van der Waals surface area contributed by atoms with Crippen molar-refractivity contribution in [2.24, 2.45) is 0 Å². The maximum atomic E-state index is 11.8. The van der Waals surface area contributed by atoms with Gasteiger partial charge in [0, 0.05) is 11.6 Å². The number of anilines is 1. The molecule has 2 rings (SSSR count). The minimum absolute atomic E-state index is 0.203. The van der Waals surface area contributed by atoms with E-state index in [1.165, 1.54) is 6.07 Å². The number of carbonyl (C=O) groups is 2. The fraction of sp³-hybridized carbons (Fsp3) is 0.0667. The SMILES string of the molecule is O=Cc1ccccc1NC(=O)COc1ccc(Cl)c(Cl)c1. The number of hydrogen-bond acceptors (Lipinski definition) is 3. The standard InChI is InChI=1S/C15H11Cl2NO3/c16-12-6-5-11(7-13(12)17)21-9-15(20)18-14-4-2-1-3-10(14)8-19/h1-8H,9H2,(H,18,20). The molecule has 0 radical (unpaired) electrons. The van der Waals surface area contributed by atoms with Crippen LogP contribution in [0.25, 0.3) is 0 Å². The average Bonchev–Trinajstić information content (AvgIpc) is 2.49. The van der Waals surface area contributed by atoms with Crippen LogP contribution in [0.4, 0.5) is 5.69 Å². The molecule has 0 heterocycles. The molecule has 1 N–H and O–H groups in total. The molecule has 21 heavy (non-hydrogen) atoms. The Bertz CT molecular complexity index is 674. The topological polar surface area (TPSA) is 55.4 Å². The molecule has 0 atom stereocenters. The van der Waals surface area contributed by atoms with Gasteiger partial charge in [-0.2, -0.15) is 0 Å². The predicted octanol–water partition coefficient (Wildman–Crippen LogP) is 3.82. The molecular formula is C15H11Cl2NO3. The molecule has 0 aromatic heterocycles. The quantitative estimate of drug-likeness (QED) is 0.851. The van der Waals surface area contributed by atoms with Crippen molar-refractivity contribution in [3.05, 3.63) is 58.1 Å². The van der Waals surface area contributed by atoms with E-state index in [1.807, 2.05) is 0 Å². The number of amides is 1. The van der Waals surface area contributed by atoms with E-state index >= 15 is 0 Å². The highest BCUT2D eigenvalue weighted by atomic mass is 35.5. The van der Waals surface area contributed by atoms with Crippen molar-refractivity contribution in [1.29, 1.82) is 0 Å². The summed E-state index contributed by atoms with van der Waals surface area (Å²) < 4.78 is 5.31. The molecule has 2 aromatic carbocycles. The van der Waals surface area contributed by atoms with Gasteiger partial charge in [0.05, 0.1) is 15.7 Å². The number of halogens is 2. The Morgan fingerprint density at radius 1 is 1.14 bits per heavy atom. The van der Waals surface area contributed by atoms with Gasteiger partial charge in [-0.15, -0.1) is 0 Å². The van der Waals surface area contributed by atoms with Gasteiger partial charge < -0.3 is 10.1 Å². The first-order valence-electron chi connectivity index (χ1n) is 6.02. The van der Waals surface area contributed by atoms with Gasteiger partial charge in [-0.05, 0) is 24.3 Å². The number of aldehydes is 1. The Labute approximate surface area is 131 Å². The van der Waals surface area contributed by atoms with E-state index in [0.29, 0.717) is 33.3 Å². The third kappa shape index (κ3) is 4.21. The number of benzene rings is 2. The second-order valence-electron chi connectivity index (χ2n) is 4.12. The van der Waals surface area contributed by atoms with Crippen molar-refractivity contribution in [1.82, 2.24) is 0 Å². The number of ether oxygens (including phenoxy) is 1. The lowest BCUT2D eigenvalue weighted by Crippen LogP contribution is -2.20. The summed E-state index contributed by atoms with van der Waals surface area (Å²) in [5, 5.41) is 3.36. The number of carbonyl (C=O) groups excluding carboxylic acids is 2. The van der Waals surface area contributed by atoms with Crippen molar-refractivity contribution in [2.45, 2.75) is 0 Å². The van der Waals surface area contributed by atoms with Crippen LogP contribution in [0.15, 0.2) is 42.5 Å². The van der Waals surface area contributed by atoms with Crippen molar-refractivity contribution < 1.29 is 14.3 Å². The van der Waals surface area contributed by atoms with E-state index in [-0.39, 0.29) is 12.5 Å². The summed E-state index contributed by atoms with van der Waals surface area (Å²) >= 11 is 11.6. The lowest BCUT2D eigenvalue weighted by molar-refractivity contribution is -0.118. The zero-order valence-electron chi connectivity index (χ0n) is 10.8. The zero-order chi connectivity index (χ0) is 15.2. The highest BCUT2D eigenvalue weighted by Crippen LogP contribution is 2.26. The van der Waals surface area contributed by atoms with Crippen LogP contribution in [0.2, 0.25) is 10.0 Å². The van der Waals surface area contributed by atoms with Crippen molar-refractivity contribution in [3.8, 4) is 5.75 Å². The van der Waals surface area contributed by atoms with Crippen LogP contribution >= 0.6 is 23.2 Å². The van der Waals surface area contributed by atoms with Crippen LogP contribution in [0.1, 0.15) is 10.4 Å². The van der Waals surface area contributed by atoms with Crippen LogP contribution in [-0.4, -0.2) is 18.8 Å². The number of nitrogens with one attached hydrogen (secondary N) is 1. The Morgan fingerprint density at radius 3 is 2.62 bits per heavy atom. The summed E-state index contributed by atoms with van der Waals surface area (Å²) in [6, 6.07) is 11.4. The summed E-state index contributed by atoms with van der Waals surface area (Å²) in [5.74, 6) is 0.0543. The molecule has 108 valence electrons. The van der Waals surface area contributed by atoms with Crippen LogP contribution < -0.4 is 10.1 Å². The Balaban J connectivity index is 1.95. The van der Waals surface area contributed by atoms with Crippen LogP contribution in [0.5, 0.6) is 5.75 Å². The summed E-state index contributed by atoms with van der Waals surface area (Å²) in [6.07, 6.45) is 0.676. The van der Waals surface area contributed by atoms with Gasteiger partial charge in [0.2, 0.25) is 0 Å². The minimum Gasteiger partial charge on any atom is -0.484 e. The lowest BCUT2D eigenvalue weighted by Gasteiger charge is -2.09. The van der Waals surface area contributed by atoms with Crippen molar-refractivity contribution in [2.75, 3.05) is 11.9 Å². The van der Waals surface area contributed by atoms with E-state index in [9.17, 15) is 9.59 Å². The molecule has 0 fully saturated rings. The number of rotatable bonds is 5. The van der Waals surface area contributed by atoms with Gasteiger partial charge in [-0.3, -0.25) is 9.59 Å². The fourth-order valence-corrected chi connectivity index (χ4v) is 1.90. The molecule has 6 heteroatoms. The molecule has 2 aromatic rings. The Kier molecular flexibility index (Phi) is 5.20. The van der Waals surface area contributed by atoms with Crippen molar-refractivity contribution >= 4 is 41.1 Å². The first-order valence-corrected chi connectivity index (χ1v) is 6.77. The van der Waals surface area contributed by atoms with Gasteiger partial charge >= 0.3 is 0 Å². The molecule has 0 spiro atoms. The molecule has 0 aliphatic rings. The van der Waals surface area contributed by atoms with Crippen molar-refractivity contribution in [3.63, 3.8) is 0 Å². The summed E-state index contributed by atoms with van der Waals surface area (Å²) in [5.41, 5.74) is 0.843. The highest BCUT2D eigenvalue weighted by Gasteiger charge is 2.07. The van der Waals surface area contributed by atoms with Gasteiger partial charge in [0.25, 0.3) is 5.91 Å². The summed E-state index contributed by atoms with van der Waals surface area (Å²) in [6.45, 7) is -0.203. The monoisotopic (exact) mass is 323 g/mol. The Morgan fingerprint density at radius 2 is 1.90 bits per heavy atom. The van der Waals surface area contributed by atoms with Gasteiger partial charge in [-0.1, -0.05) is 35.3 Å². The molecule has 0 aliphatic carbocycles.